The molecule has 0 aliphatic carbocycles. The maximum atomic E-state index is 12.2. The fourth-order valence-electron chi connectivity index (χ4n) is 3.21. The van der Waals surface area contributed by atoms with Crippen LogP contribution in [0.3, 0.4) is 0 Å². The molecule has 158 valence electrons. The quantitative estimate of drug-likeness (QED) is 0.323. The first-order chi connectivity index (χ1) is 13.7. The molecule has 1 fully saturated rings. The molecular weight excluding hydrogens is 386 g/mol. The van der Waals surface area contributed by atoms with E-state index in [0.717, 1.165) is 0 Å². The van der Waals surface area contributed by atoms with E-state index in [4.69, 9.17) is 15.6 Å². The van der Waals surface area contributed by atoms with Crippen LogP contribution in [-0.2, 0) is 14.3 Å². The molecule has 0 saturated carbocycles. The van der Waals surface area contributed by atoms with Crippen LogP contribution in [0.25, 0.3) is 11.2 Å². The number of imidazole rings is 1. The number of nitrogens with two attached hydrogens (primary N) is 1. The molecular formula is C16H23N7O6. The molecule has 0 unspecified atom stereocenters. The first-order valence-corrected chi connectivity index (χ1v) is 8.81. The zero-order chi connectivity index (χ0) is 21.3. The number of carbonyl (C=O) groups excluding carboxylic acids is 1. The van der Waals surface area contributed by atoms with Gasteiger partial charge in [-0.05, 0) is 0 Å². The lowest BCUT2D eigenvalue weighted by Crippen LogP contribution is -2.53. The van der Waals surface area contributed by atoms with Crippen molar-refractivity contribution in [2.45, 2.75) is 36.9 Å². The van der Waals surface area contributed by atoms with Crippen LogP contribution in [0.2, 0.25) is 0 Å². The monoisotopic (exact) mass is 409 g/mol. The highest BCUT2D eigenvalue weighted by Gasteiger charge is 2.46. The Morgan fingerprint density at radius 1 is 1.38 bits per heavy atom. The van der Waals surface area contributed by atoms with Crippen molar-refractivity contribution in [1.29, 1.82) is 0 Å². The third-order valence-corrected chi connectivity index (χ3v) is 4.63. The number of rotatable bonds is 7. The van der Waals surface area contributed by atoms with Gasteiger partial charge in [0, 0.05) is 14.1 Å². The second-order valence-electron chi connectivity index (χ2n) is 6.89. The lowest BCUT2D eigenvalue weighted by atomic mass is 10.1. The average Bonchev–Trinajstić information content (AvgIpc) is 3.22. The zero-order valence-corrected chi connectivity index (χ0v) is 15.8. The van der Waals surface area contributed by atoms with Gasteiger partial charge in [0.25, 0.3) is 0 Å². The van der Waals surface area contributed by atoms with Gasteiger partial charge in [0.1, 0.15) is 18.5 Å². The molecule has 1 saturated heterocycles. The molecule has 0 radical (unpaired) electrons. The maximum Gasteiger partial charge on any atom is 0.305 e. The molecule has 1 amide bonds. The van der Waals surface area contributed by atoms with E-state index in [1.807, 2.05) is 0 Å². The molecule has 13 nitrogen and oxygen atoms in total. The summed E-state index contributed by atoms with van der Waals surface area (Å²) in [6.07, 6.45) is -1.01. The number of aromatic nitrogens is 4. The number of nitrogens with one attached hydrogen (secondary N) is 1. The van der Waals surface area contributed by atoms with Gasteiger partial charge in [0.15, 0.2) is 23.2 Å². The molecule has 5 atom stereocenters. The summed E-state index contributed by atoms with van der Waals surface area (Å²) in [7, 11) is 3.60. The lowest BCUT2D eigenvalue weighted by molar-refractivity contribution is -0.139. The Kier molecular flexibility index (Phi) is 5.93. The fraction of sp³-hybridized carbons (Fsp3) is 0.562. The first kappa shape index (κ1) is 20.9. The molecule has 2 aromatic heterocycles. The minimum absolute atomic E-state index is 0.402. The minimum atomic E-state index is -1.30. The first-order valence-electron chi connectivity index (χ1n) is 8.81. The van der Waals surface area contributed by atoms with E-state index in [9.17, 15) is 19.8 Å². The molecule has 0 aromatic carbocycles. The van der Waals surface area contributed by atoms with E-state index in [1.165, 1.54) is 17.2 Å². The van der Waals surface area contributed by atoms with E-state index in [-0.39, 0.29) is 0 Å². The SMILES string of the molecule is CN(C)c1ncnc2c1ncn2[C@@H]1O[C@H](CO)[C@@H](NC(=O)[C@@H](N)CC(=O)O)[C@H]1O. The van der Waals surface area contributed by atoms with Gasteiger partial charge < -0.3 is 36.0 Å². The summed E-state index contributed by atoms with van der Waals surface area (Å²) in [5, 5.41) is 31.6. The van der Waals surface area contributed by atoms with E-state index < -0.39 is 55.4 Å². The van der Waals surface area contributed by atoms with Gasteiger partial charge in [-0.3, -0.25) is 14.2 Å². The lowest BCUT2D eigenvalue weighted by Gasteiger charge is -2.22. The van der Waals surface area contributed by atoms with E-state index in [2.05, 4.69) is 20.3 Å². The van der Waals surface area contributed by atoms with Crippen LogP contribution < -0.4 is 16.0 Å². The van der Waals surface area contributed by atoms with Crippen LogP contribution in [0.1, 0.15) is 12.6 Å². The summed E-state index contributed by atoms with van der Waals surface area (Å²) in [5.74, 6) is -1.43. The second-order valence-corrected chi connectivity index (χ2v) is 6.89. The Labute approximate surface area is 165 Å². The van der Waals surface area contributed by atoms with Crippen molar-refractivity contribution in [1.82, 2.24) is 24.8 Å². The number of hydrogen-bond acceptors (Lipinski definition) is 10. The average molecular weight is 409 g/mol. The summed E-state index contributed by atoms with van der Waals surface area (Å²) in [5.41, 5.74) is 6.45. The number of nitrogens with zero attached hydrogens (tertiary/aromatic N) is 5. The van der Waals surface area contributed by atoms with E-state index in [0.29, 0.717) is 17.0 Å². The number of carbonyl (C=O) groups is 2. The fourth-order valence-corrected chi connectivity index (χ4v) is 3.21. The van der Waals surface area contributed by atoms with Crippen LogP contribution in [0.4, 0.5) is 5.82 Å². The molecule has 13 heteroatoms. The predicted molar refractivity (Wildman–Crippen MR) is 98.8 cm³/mol. The van der Waals surface area contributed by atoms with Crippen molar-refractivity contribution in [3.05, 3.63) is 12.7 Å². The number of ether oxygens (including phenoxy) is 1. The van der Waals surface area contributed by atoms with Crippen LogP contribution >= 0.6 is 0 Å². The summed E-state index contributed by atoms with van der Waals surface area (Å²) in [4.78, 5) is 37.3. The Morgan fingerprint density at radius 2 is 2.10 bits per heavy atom. The van der Waals surface area contributed by atoms with Crippen LogP contribution in [-0.4, -0.2) is 91.7 Å². The summed E-state index contributed by atoms with van der Waals surface area (Å²) in [6.45, 7) is -0.489. The van der Waals surface area contributed by atoms with Crippen LogP contribution in [0, 0.1) is 0 Å². The molecule has 3 rings (SSSR count). The van der Waals surface area contributed by atoms with E-state index in [1.54, 1.807) is 19.0 Å². The van der Waals surface area contributed by atoms with Crippen molar-refractivity contribution in [3.63, 3.8) is 0 Å². The zero-order valence-electron chi connectivity index (χ0n) is 15.8. The summed E-state index contributed by atoms with van der Waals surface area (Å²) < 4.78 is 7.21. The molecule has 1 aliphatic rings. The Balaban J connectivity index is 1.85. The van der Waals surface area contributed by atoms with Gasteiger partial charge in [0.05, 0.1) is 31.4 Å². The normalized spacial score (nSPS) is 25.1. The number of aliphatic carboxylic acids is 1. The molecule has 0 bridgehead atoms. The highest BCUT2D eigenvalue weighted by atomic mass is 16.5. The molecule has 6 N–H and O–H groups in total. The molecule has 2 aromatic rings. The molecule has 29 heavy (non-hydrogen) atoms. The van der Waals surface area contributed by atoms with Crippen molar-refractivity contribution in [3.8, 4) is 0 Å². The van der Waals surface area contributed by atoms with E-state index >= 15 is 0 Å². The molecule has 1 aliphatic heterocycles. The highest BCUT2D eigenvalue weighted by molar-refractivity contribution is 5.86. The predicted octanol–water partition coefficient (Wildman–Crippen LogP) is -2.57. The number of fused-ring (bicyclic) bond motifs is 1. The number of carboxylic acids is 1. The van der Waals surface area contributed by atoms with Gasteiger partial charge in [-0.2, -0.15) is 0 Å². The van der Waals surface area contributed by atoms with Crippen LogP contribution in [0.15, 0.2) is 12.7 Å². The number of anilines is 1. The number of aliphatic hydroxyl groups excluding tert-OH is 2. The van der Waals surface area contributed by atoms with Crippen molar-refractivity contribution >= 4 is 28.9 Å². The largest absolute Gasteiger partial charge is 0.481 e. The third-order valence-electron chi connectivity index (χ3n) is 4.63. The topological polar surface area (TPSA) is 189 Å². The van der Waals surface area contributed by atoms with Gasteiger partial charge in [-0.15, -0.1) is 0 Å². The highest BCUT2D eigenvalue weighted by Crippen LogP contribution is 2.32. The Hall–Kier alpha value is -2.87. The standard InChI is InChI=1S/C16H23N7O6/c1-22(2)13-11-14(19-5-18-13)23(6-20-11)16-12(27)10(8(4-24)29-16)21-15(28)7(17)3-9(25)26/h5-8,10,12,16,24,27H,3-4,17H2,1-2H3,(H,21,28)(H,25,26)/t7-,8+,10+,12+,16+/m0/s1. The van der Waals surface area contributed by atoms with Crippen molar-refractivity contribution in [2.75, 3.05) is 25.6 Å². The molecule has 0 spiro atoms. The number of amides is 1. The Morgan fingerprint density at radius 3 is 2.72 bits per heavy atom. The van der Waals surface area contributed by atoms with Gasteiger partial charge in [-0.25, -0.2) is 15.0 Å². The van der Waals surface area contributed by atoms with Crippen molar-refractivity contribution in [2.24, 2.45) is 5.73 Å². The van der Waals surface area contributed by atoms with Gasteiger partial charge in [0.2, 0.25) is 5.91 Å². The Bertz CT molecular complexity index is 903. The smallest absolute Gasteiger partial charge is 0.305 e. The van der Waals surface area contributed by atoms with Gasteiger partial charge in [-0.1, -0.05) is 0 Å². The van der Waals surface area contributed by atoms with Gasteiger partial charge >= 0.3 is 5.97 Å². The number of hydrogen-bond donors (Lipinski definition) is 5. The number of aliphatic hydroxyl groups is 2. The van der Waals surface area contributed by atoms with Crippen molar-refractivity contribution < 1.29 is 29.6 Å². The maximum absolute atomic E-state index is 12.2. The second kappa shape index (κ2) is 8.24. The molecule has 3 heterocycles. The summed E-state index contributed by atoms with van der Waals surface area (Å²) >= 11 is 0. The summed E-state index contributed by atoms with van der Waals surface area (Å²) in [6, 6.07) is -2.31. The minimum Gasteiger partial charge on any atom is -0.481 e. The van der Waals surface area contributed by atoms with Crippen LogP contribution in [0.5, 0.6) is 0 Å². The third kappa shape index (κ3) is 3.98. The number of carboxylic acid groups (broad SMARTS) is 1.